The van der Waals surface area contributed by atoms with E-state index in [0.717, 1.165) is 83.4 Å². The summed E-state index contributed by atoms with van der Waals surface area (Å²) in [6.45, 7) is 0. The molecule has 0 radical (unpaired) electrons. The summed E-state index contributed by atoms with van der Waals surface area (Å²) < 4.78 is 9.26. The lowest BCUT2D eigenvalue weighted by atomic mass is 9.94. The minimum absolute atomic E-state index is 0.676. The van der Waals surface area contributed by atoms with Crippen LogP contribution in [0.25, 0.3) is 109 Å². The number of para-hydroxylation sites is 1. The third kappa shape index (κ3) is 5.56. The van der Waals surface area contributed by atoms with Crippen LogP contribution in [0.3, 0.4) is 0 Å². The summed E-state index contributed by atoms with van der Waals surface area (Å²) in [7, 11) is 0. The second-order valence-electron chi connectivity index (χ2n) is 14.0. The number of aromatic nitrogens is 3. The highest BCUT2D eigenvalue weighted by Gasteiger charge is 2.19. The number of thiophene rings is 1. The Morgan fingerprint density at radius 2 is 1.04 bits per heavy atom. The Bertz CT molecular complexity index is 3220. The van der Waals surface area contributed by atoms with Crippen LogP contribution in [0.5, 0.6) is 0 Å². The Morgan fingerprint density at radius 1 is 0.411 bits per heavy atom. The molecule has 4 aromatic heterocycles. The second-order valence-corrected chi connectivity index (χ2v) is 15.1. The van der Waals surface area contributed by atoms with E-state index in [0.29, 0.717) is 5.82 Å². The normalized spacial score (nSPS) is 11.6. The van der Waals surface area contributed by atoms with Gasteiger partial charge in [0, 0.05) is 65.6 Å². The molecule has 0 aliphatic rings. The summed E-state index contributed by atoms with van der Waals surface area (Å²) in [6.07, 6.45) is 3.68. The Kier molecular flexibility index (Phi) is 7.64. The number of pyridine rings is 1. The Labute approximate surface area is 327 Å². The lowest BCUT2D eigenvalue weighted by Gasteiger charge is -2.11. The molecule has 0 fully saturated rings. The van der Waals surface area contributed by atoms with Crippen LogP contribution in [0.1, 0.15) is 0 Å². The van der Waals surface area contributed by atoms with Crippen molar-refractivity contribution in [1.29, 1.82) is 0 Å². The Hall–Kier alpha value is -7.21. The number of furan rings is 1. The van der Waals surface area contributed by atoms with Crippen molar-refractivity contribution in [1.82, 2.24) is 15.0 Å². The summed E-state index contributed by atoms with van der Waals surface area (Å²) in [5.41, 5.74) is 13.2. The summed E-state index contributed by atoms with van der Waals surface area (Å²) in [5, 5.41) is 4.80. The number of fused-ring (bicyclic) bond motifs is 6. The highest BCUT2D eigenvalue weighted by Crippen LogP contribution is 2.44. The summed E-state index contributed by atoms with van der Waals surface area (Å²) in [6, 6.07) is 61.7. The fourth-order valence-electron chi connectivity index (χ4n) is 7.84. The Balaban J connectivity index is 1.00. The van der Waals surface area contributed by atoms with Gasteiger partial charge in [-0.3, -0.25) is 4.98 Å². The van der Waals surface area contributed by atoms with Crippen LogP contribution in [-0.2, 0) is 0 Å². The maximum absolute atomic E-state index is 6.69. The molecule has 11 aromatic rings. The van der Waals surface area contributed by atoms with Gasteiger partial charge in [0.1, 0.15) is 11.2 Å². The van der Waals surface area contributed by atoms with Gasteiger partial charge < -0.3 is 4.42 Å². The summed E-state index contributed by atoms with van der Waals surface area (Å²) in [4.78, 5) is 14.5. The maximum Gasteiger partial charge on any atom is 0.160 e. The van der Waals surface area contributed by atoms with Crippen molar-refractivity contribution in [2.75, 3.05) is 0 Å². The van der Waals surface area contributed by atoms with Crippen molar-refractivity contribution in [2.24, 2.45) is 0 Å². The lowest BCUT2D eigenvalue weighted by Crippen LogP contribution is -1.96. The highest BCUT2D eigenvalue weighted by molar-refractivity contribution is 7.25. The maximum atomic E-state index is 6.69. The largest absolute Gasteiger partial charge is 0.455 e. The Morgan fingerprint density at radius 3 is 1.84 bits per heavy atom. The molecule has 0 saturated carbocycles. The van der Waals surface area contributed by atoms with Crippen molar-refractivity contribution in [3.05, 3.63) is 188 Å². The van der Waals surface area contributed by atoms with E-state index < -0.39 is 0 Å². The first-order chi connectivity index (χ1) is 27.7. The van der Waals surface area contributed by atoms with Gasteiger partial charge >= 0.3 is 0 Å². The van der Waals surface area contributed by atoms with Gasteiger partial charge in [0.25, 0.3) is 0 Å². The number of hydrogen-bond donors (Lipinski definition) is 0. The zero-order chi connectivity index (χ0) is 37.0. The van der Waals surface area contributed by atoms with Crippen molar-refractivity contribution < 1.29 is 4.42 Å². The molecule has 0 saturated heterocycles. The van der Waals surface area contributed by atoms with Crippen LogP contribution < -0.4 is 0 Å². The van der Waals surface area contributed by atoms with Crippen molar-refractivity contribution in [3.8, 4) is 67.3 Å². The molecule has 262 valence electrons. The molecule has 0 atom stereocenters. The topological polar surface area (TPSA) is 51.8 Å². The van der Waals surface area contributed by atoms with Gasteiger partial charge in [0.05, 0.1) is 11.4 Å². The van der Waals surface area contributed by atoms with E-state index in [2.05, 4.69) is 151 Å². The lowest BCUT2D eigenvalue weighted by molar-refractivity contribution is 0.670. The molecule has 0 aliphatic heterocycles. The van der Waals surface area contributed by atoms with Gasteiger partial charge in [-0.1, -0.05) is 140 Å². The molecule has 4 heterocycles. The fourth-order valence-corrected chi connectivity index (χ4v) is 8.98. The molecule has 0 bridgehead atoms. The SMILES string of the molecule is c1ccc(-c2cc(-c3ccc(-c4cccnc4)cc3)nc(-c3ccc(-c4ccc(-c5ccc6c(c5)sc5ccccc56)c5oc6ccccc6c45)cc3)n2)cc1. The summed E-state index contributed by atoms with van der Waals surface area (Å²) >= 11 is 1.84. The molecule has 5 heteroatoms. The second kappa shape index (κ2) is 13.3. The van der Waals surface area contributed by atoms with Crippen LogP contribution in [-0.4, -0.2) is 15.0 Å². The standard InChI is InChI=1S/C51H31N3OS/c1-2-9-34(10-3-1)44-30-45(35-20-16-32(17-21-35)38-11-8-28-52-31-38)54-51(53-44)36-22-18-33(19-23-36)39-26-27-40(50-49(39)43-13-4-6-14-46(43)55-50)37-24-25-42-41-12-5-7-15-47(41)56-48(42)29-37/h1-31H. The molecule has 0 aliphatic carbocycles. The van der Waals surface area contributed by atoms with Crippen LogP contribution in [0, 0.1) is 0 Å². The van der Waals surface area contributed by atoms with Crippen molar-refractivity contribution >= 4 is 53.4 Å². The monoisotopic (exact) mass is 733 g/mol. The van der Waals surface area contributed by atoms with Crippen molar-refractivity contribution in [2.45, 2.75) is 0 Å². The molecule has 0 amide bonds. The molecule has 7 aromatic carbocycles. The molecule has 56 heavy (non-hydrogen) atoms. The number of hydrogen-bond acceptors (Lipinski definition) is 5. The molecular formula is C51H31N3OS. The first-order valence-corrected chi connectivity index (χ1v) is 19.5. The quantitative estimate of drug-likeness (QED) is 0.171. The van der Waals surface area contributed by atoms with Crippen LogP contribution >= 0.6 is 11.3 Å². The van der Waals surface area contributed by atoms with Gasteiger partial charge in [-0.05, 0) is 64.2 Å². The molecule has 0 N–H and O–H groups in total. The van der Waals surface area contributed by atoms with E-state index in [1.165, 1.54) is 20.2 Å². The molecule has 4 nitrogen and oxygen atoms in total. The molecule has 0 unspecified atom stereocenters. The number of rotatable bonds is 6. The number of benzene rings is 7. The third-order valence-electron chi connectivity index (χ3n) is 10.6. The zero-order valence-corrected chi connectivity index (χ0v) is 30.9. The van der Waals surface area contributed by atoms with E-state index in [1.807, 2.05) is 47.9 Å². The van der Waals surface area contributed by atoms with E-state index in [1.54, 1.807) is 6.20 Å². The summed E-state index contributed by atoms with van der Waals surface area (Å²) in [5.74, 6) is 0.676. The van der Waals surface area contributed by atoms with E-state index in [9.17, 15) is 0 Å². The average Bonchev–Trinajstić information content (AvgIpc) is 3.85. The fraction of sp³-hybridized carbons (Fsp3) is 0. The van der Waals surface area contributed by atoms with E-state index in [4.69, 9.17) is 14.4 Å². The minimum atomic E-state index is 0.676. The zero-order valence-electron chi connectivity index (χ0n) is 30.1. The minimum Gasteiger partial charge on any atom is -0.455 e. The van der Waals surface area contributed by atoms with Crippen LogP contribution in [0.15, 0.2) is 193 Å². The van der Waals surface area contributed by atoms with Gasteiger partial charge in [0.2, 0.25) is 0 Å². The molecule has 11 rings (SSSR count). The smallest absolute Gasteiger partial charge is 0.160 e. The van der Waals surface area contributed by atoms with Crippen LogP contribution in [0.2, 0.25) is 0 Å². The first-order valence-electron chi connectivity index (χ1n) is 18.7. The first kappa shape index (κ1) is 32.2. The van der Waals surface area contributed by atoms with Gasteiger partial charge in [-0.15, -0.1) is 11.3 Å². The predicted octanol–water partition coefficient (Wildman–Crippen LogP) is 14.1. The average molecular weight is 734 g/mol. The molecular weight excluding hydrogens is 703 g/mol. The number of nitrogens with zero attached hydrogens (tertiary/aromatic N) is 3. The van der Waals surface area contributed by atoms with Gasteiger partial charge in [-0.25, -0.2) is 9.97 Å². The van der Waals surface area contributed by atoms with E-state index in [-0.39, 0.29) is 0 Å². The van der Waals surface area contributed by atoms with E-state index >= 15 is 0 Å². The van der Waals surface area contributed by atoms with Gasteiger partial charge in [-0.2, -0.15) is 0 Å². The molecule has 0 spiro atoms. The highest BCUT2D eigenvalue weighted by atomic mass is 32.1. The third-order valence-corrected chi connectivity index (χ3v) is 11.8. The van der Waals surface area contributed by atoms with Crippen molar-refractivity contribution in [3.63, 3.8) is 0 Å². The van der Waals surface area contributed by atoms with Crippen LogP contribution in [0.4, 0.5) is 0 Å². The predicted molar refractivity (Wildman–Crippen MR) is 233 cm³/mol. The van der Waals surface area contributed by atoms with Gasteiger partial charge in [0.15, 0.2) is 5.82 Å².